The molecule has 0 bridgehead atoms. The summed E-state index contributed by atoms with van der Waals surface area (Å²) in [5.41, 5.74) is 5.93. The second-order valence-electron chi connectivity index (χ2n) is 5.56. The minimum atomic E-state index is -0.503. The summed E-state index contributed by atoms with van der Waals surface area (Å²) in [5.74, 6) is 0.473. The quantitative estimate of drug-likeness (QED) is 0.580. The van der Waals surface area contributed by atoms with E-state index in [1.54, 1.807) is 8.85 Å². The van der Waals surface area contributed by atoms with Gasteiger partial charge in [-0.25, -0.2) is 0 Å². The van der Waals surface area contributed by atoms with E-state index >= 15 is 0 Å². The number of hydrogen-bond acceptors (Lipinski definition) is 1. The molecule has 0 aromatic heterocycles. The molecule has 0 radical (unpaired) electrons. The number of benzene rings is 1. The van der Waals surface area contributed by atoms with E-state index in [9.17, 15) is 0 Å². The van der Waals surface area contributed by atoms with Gasteiger partial charge in [-0.15, -0.1) is 0 Å². The molecule has 121 valence electrons. The number of allylic oxidation sites excluding steroid dienone is 6. The van der Waals surface area contributed by atoms with Crippen molar-refractivity contribution in [1.29, 1.82) is 0 Å². The molecule has 1 aromatic carbocycles. The van der Waals surface area contributed by atoms with Crippen LogP contribution in [0.15, 0.2) is 51.3 Å². The number of aliphatic hydroxyl groups excluding tert-OH is 1. The van der Waals surface area contributed by atoms with Crippen LogP contribution in [0, 0.1) is 0 Å². The van der Waals surface area contributed by atoms with Gasteiger partial charge >= 0.3 is 138 Å². The van der Waals surface area contributed by atoms with Crippen molar-refractivity contribution >= 4 is 9.28 Å². The van der Waals surface area contributed by atoms with Crippen molar-refractivity contribution in [1.82, 2.24) is 0 Å². The molecule has 3 rings (SSSR count). The zero-order valence-electron chi connectivity index (χ0n) is 13.2. The van der Waals surface area contributed by atoms with E-state index < -0.39 is 22.8 Å². The van der Waals surface area contributed by atoms with Crippen LogP contribution in [0.3, 0.4) is 0 Å². The minimum absolute atomic E-state index is 0. The summed E-state index contributed by atoms with van der Waals surface area (Å²) in [6.45, 7) is 2.48. The van der Waals surface area contributed by atoms with Crippen LogP contribution in [0.1, 0.15) is 43.2 Å². The monoisotopic (exact) mass is 425 g/mol. The Morgan fingerprint density at radius 2 is 2.04 bits per heavy atom. The topological polar surface area (TPSA) is 20.2 Å². The maximum atomic E-state index is 9.12. The van der Waals surface area contributed by atoms with Crippen molar-refractivity contribution < 1.29 is 52.7 Å². The second-order valence-corrected chi connectivity index (χ2v) is 9.02. The third-order valence-electron chi connectivity index (χ3n) is 4.26. The van der Waals surface area contributed by atoms with Crippen LogP contribution in [0.2, 0.25) is 0 Å². The fourth-order valence-corrected chi connectivity index (χ4v) is 5.71. The number of rotatable bonds is 5. The van der Waals surface area contributed by atoms with Gasteiger partial charge in [0.15, 0.2) is 0 Å². The molecule has 2 aliphatic carbocycles. The minimum Gasteiger partial charge on any atom is -1.00 e. The van der Waals surface area contributed by atoms with E-state index in [1.807, 2.05) is 0 Å². The first-order valence-electron chi connectivity index (χ1n) is 7.70. The predicted octanol–water partition coefficient (Wildman–Crippen LogP) is -1.93. The van der Waals surface area contributed by atoms with E-state index in [2.05, 4.69) is 53.1 Å². The van der Waals surface area contributed by atoms with Crippen LogP contribution in [-0.2, 0) is 22.8 Å². The van der Waals surface area contributed by atoms with Gasteiger partial charge in [0, 0.05) is 0 Å². The maximum absolute atomic E-state index is 9.12. The summed E-state index contributed by atoms with van der Waals surface area (Å²) in [7, 11) is 0. The van der Waals surface area contributed by atoms with Gasteiger partial charge in [0.1, 0.15) is 0 Å². The molecule has 0 amide bonds. The fraction of sp³-hybridized carbons (Fsp3) is 0.316. The van der Waals surface area contributed by atoms with Crippen molar-refractivity contribution in [2.75, 3.05) is 6.61 Å². The average molecular weight is 428 g/mol. The van der Waals surface area contributed by atoms with Gasteiger partial charge in [0.25, 0.3) is 0 Å². The van der Waals surface area contributed by atoms with Gasteiger partial charge in [0.05, 0.1) is 0 Å². The number of aliphatic hydroxyl groups is 1. The molecule has 1 unspecified atom stereocenters. The van der Waals surface area contributed by atoms with Crippen LogP contribution in [0.4, 0.5) is 0 Å². The summed E-state index contributed by atoms with van der Waals surface area (Å²) >= 11 is -0.503. The Labute approximate surface area is 162 Å². The van der Waals surface area contributed by atoms with Crippen LogP contribution in [-0.4, -0.2) is 15.4 Å². The molecule has 1 N–H and O–H groups in total. The first-order valence-corrected chi connectivity index (χ1v) is 10.3. The summed E-state index contributed by atoms with van der Waals surface area (Å²) in [6.07, 6.45) is 10.1. The summed E-state index contributed by atoms with van der Waals surface area (Å²) in [5, 5.41) is 9.12. The second kappa shape index (κ2) is 9.89. The Kier molecular flexibility index (Phi) is 8.94. The molecule has 1 aromatic rings. The van der Waals surface area contributed by atoms with Crippen molar-refractivity contribution in [3.63, 3.8) is 0 Å². The van der Waals surface area contributed by atoms with Gasteiger partial charge in [-0.3, -0.25) is 0 Å². The zero-order chi connectivity index (χ0) is 14.7. The Balaban J connectivity index is 0.00000132. The third kappa shape index (κ3) is 4.42. The number of hydrogen-bond donors (Lipinski definition) is 1. The van der Waals surface area contributed by atoms with Gasteiger partial charge in [-0.1, -0.05) is 0 Å². The molecule has 0 aliphatic heterocycles. The zero-order valence-corrected chi connectivity index (χ0v) is 17.2. The summed E-state index contributed by atoms with van der Waals surface area (Å²) in [6, 6.07) is 8.81. The molecule has 2 aliphatic rings. The van der Waals surface area contributed by atoms with Crippen LogP contribution in [0.5, 0.6) is 0 Å². The van der Waals surface area contributed by atoms with E-state index in [0.717, 1.165) is 19.3 Å². The Morgan fingerprint density at radius 3 is 2.78 bits per heavy atom. The van der Waals surface area contributed by atoms with E-state index in [-0.39, 0.29) is 31.4 Å². The van der Waals surface area contributed by atoms with Crippen LogP contribution in [0.25, 0.3) is 5.57 Å². The van der Waals surface area contributed by atoms with Crippen LogP contribution >= 0.6 is 0 Å². The van der Waals surface area contributed by atoms with Crippen LogP contribution < -0.4 is 24.8 Å². The van der Waals surface area contributed by atoms with Crippen molar-refractivity contribution in [3.8, 4) is 0 Å². The molecule has 0 spiro atoms. The molecule has 0 saturated heterocycles. The largest absolute Gasteiger partial charge is 1.00 e. The van der Waals surface area contributed by atoms with Crippen molar-refractivity contribution in [2.45, 2.75) is 32.1 Å². The summed E-state index contributed by atoms with van der Waals surface area (Å²) in [4.78, 5) is 0. The van der Waals surface area contributed by atoms with E-state index in [0.29, 0.717) is 5.92 Å². The van der Waals surface area contributed by atoms with E-state index in [1.165, 1.54) is 16.7 Å². The van der Waals surface area contributed by atoms with Gasteiger partial charge in [-0.2, -0.15) is 0 Å². The fourth-order valence-electron chi connectivity index (χ4n) is 3.33. The molecule has 23 heavy (non-hydrogen) atoms. The molecular formula is C19H21Cl2OZr. The molecular weight excluding hydrogens is 406 g/mol. The molecule has 0 fully saturated rings. The SMILES string of the molecule is C[CH]=[Zr+2][C]1=C(C2C=C(CCCO)c3ccccc32)CC=C1.[Cl-].[Cl-]. The molecule has 0 heterocycles. The summed E-state index contributed by atoms with van der Waals surface area (Å²) < 4.78 is 4.06. The number of halogens is 2. The molecule has 1 atom stereocenters. The Hall–Kier alpha value is -0.267. The van der Waals surface area contributed by atoms with Gasteiger partial charge in [-0.05, 0) is 0 Å². The first kappa shape index (κ1) is 20.8. The first-order chi connectivity index (χ1) is 10.3. The molecule has 4 heteroatoms. The van der Waals surface area contributed by atoms with Gasteiger partial charge < -0.3 is 24.8 Å². The standard InChI is InChI=1S/C17H17O.C2H4.2ClH.Zr/c18-11-5-8-14-12-17(13-6-1-2-7-13)16-10-4-3-9-15(14)16;1-2;;;/h1-4,9-10,12,17-18H,5-6,8,11H2;1H,2H3;2*1H;/q;;;;+2/p-2. The average Bonchev–Trinajstić information content (AvgIpc) is 3.10. The van der Waals surface area contributed by atoms with Gasteiger partial charge in [0.2, 0.25) is 0 Å². The smallest absolute Gasteiger partial charge is 1.00 e. The van der Waals surface area contributed by atoms with Crippen molar-refractivity contribution in [2.24, 2.45) is 0 Å². The molecule has 1 nitrogen and oxygen atoms in total. The van der Waals surface area contributed by atoms with E-state index in [4.69, 9.17) is 5.11 Å². The predicted molar refractivity (Wildman–Crippen MR) is 86.0 cm³/mol. The van der Waals surface area contributed by atoms with Crippen molar-refractivity contribution in [3.05, 3.63) is 62.5 Å². The Bertz CT molecular complexity index is 659. The normalized spacial score (nSPS) is 18.3. The Morgan fingerprint density at radius 1 is 1.26 bits per heavy atom. The molecule has 0 saturated carbocycles. The third-order valence-corrected chi connectivity index (χ3v) is 6.93. The maximum Gasteiger partial charge on any atom is -1.00 e. The number of fused-ring (bicyclic) bond motifs is 1.